The molecule has 1 aromatic carbocycles. The monoisotopic (exact) mass is 370 g/mol. The summed E-state index contributed by atoms with van der Waals surface area (Å²) >= 11 is 5.44. The highest BCUT2D eigenvalue weighted by Crippen LogP contribution is 2.40. The molecule has 2 unspecified atom stereocenters. The summed E-state index contributed by atoms with van der Waals surface area (Å²) in [7, 11) is 0. The minimum atomic E-state index is -0.550. The van der Waals surface area contributed by atoms with Gasteiger partial charge in [-0.05, 0) is 67.6 Å². The molecule has 21 heavy (non-hydrogen) atoms. The maximum absolute atomic E-state index is 12.0. The molecule has 116 valence electrons. The first-order chi connectivity index (χ1) is 9.93. The number of rotatable bonds is 5. The second-order valence-corrected chi connectivity index (χ2v) is 8.21. The van der Waals surface area contributed by atoms with Crippen LogP contribution in [0.4, 0.5) is 0 Å². The molecular weight excluding hydrogens is 348 g/mol. The first-order valence-corrected chi connectivity index (χ1v) is 9.09. The lowest BCUT2D eigenvalue weighted by Crippen LogP contribution is -2.60. The molecular formula is C16H23BrN2OS. The molecule has 5 heteroatoms. The van der Waals surface area contributed by atoms with E-state index in [0.29, 0.717) is 5.25 Å². The molecule has 1 fully saturated rings. The number of amides is 1. The predicted octanol–water partition coefficient (Wildman–Crippen LogP) is 3.71. The number of carbonyl (C=O) groups is 1. The van der Waals surface area contributed by atoms with Gasteiger partial charge in [0.15, 0.2) is 0 Å². The highest BCUT2D eigenvalue weighted by molar-refractivity contribution is 9.10. The van der Waals surface area contributed by atoms with Gasteiger partial charge in [0.1, 0.15) is 0 Å². The average molecular weight is 371 g/mol. The van der Waals surface area contributed by atoms with E-state index in [9.17, 15) is 4.79 Å². The van der Waals surface area contributed by atoms with E-state index >= 15 is 0 Å². The Bertz CT molecular complexity index is 509. The molecule has 0 spiro atoms. The normalized spacial score (nSPS) is 26.0. The van der Waals surface area contributed by atoms with Gasteiger partial charge in [-0.15, -0.1) is 11.8 Å². The number of thioether (sulfide) groups is 1. The summed E-state index contributed by atoms with van der Waals surface area (Å²) < 4.78 is 1.11. The maximum Gasteiger partial charge on any atom is 0.237 e. The van der Waals surface area contributed by atoms with Crippen molar-refractivity contribution in [1.82, 2.24) is 5.32 Å². The molecule has 1 amide bonds. The summed E-state index contributed by atoms with van der Waals surface area (Å²) in [4.78, 5) is 13.2. The Morgan fingerprint density at radius 3 is 2.81 bits per heavy atom. The lowest BCUT2D eigenvalue weighted by atomic mass is 9.80. The number of carbonyl (C=O) groups excluding carboxylic acids is 1. The van der Waals surface area contributed by atoms with Crippen molar-refractivity contribution in [3.63, 3.8) is 0 Å². The SMILES string of the molecule is CC(C)NC1(C(N)=O)CCCC(Sc2ccccc2Br)C1. The zero-order valence-corrected chi connectivity index (χ0v) is 15.0. The van der Waals surface area contributed by atoms with Crippen LogP contribution in [0.5, 0.6) is 0 Å². The molecule has 2 atom stereocenters. The molecule has 0 bridgehead atoms. The third-order valence-electron chi connectivity index (χ3n) is 3.87. The van der Waals surface area contributed by atoms with Crippen LogP contribution in [0.25, 0.3) is 0 Å². The number of nitrogens with two attached hydrogens (primary N) is 1. The van der Waals surface area contributed by atoms with Gasteiger partial charge in [-0.3, -0.25) is 4.79 Å². The minimum absolute atomic E-state index is 0.214. The van der Waals surface area contributed by atoms with Crippen molar-refractivity contribution in [2.75, 3.05) is 0 Å². The Morgan fingerprint density at radius 1 is 1.48 bits per heavy atom. The molecule has 0 aliphatic heterocycles. The van der Waals surface area contributed by atoms with Crippen molar-refractivity contribution < 1.29 is 4.79 Å². The standard InChI is InChI=1S/C16H23BrN2OS/c1-11(2)19-16(15(18)20)9-5-6-12(10-16)21-14-8-4-3-7-13(14)17/h3-4,7-8,11-12,19H,5-6,9-10H2,1-2H3,(H2,18,20). The lowest BCUT2D eigenvalue weighted by Gasteiger charge is -2.40. The molecule has 2 rings (SSSR count). The van der Waals surface area contributed by atoms with E-state index in [4.69, 9.17) is 5.73 Å². The summed E-state index contributed by atoms with van der Waals surface area (Å²) in [6, 6.07) is 8.49. The van der Waals surface area contributed by atoms with Gasteiger partial charge in [0.25, 0.3) is 0 Å². The van der Waals surface area contributed by atoms with Crippen molar-refractivity contribution in [2.45, 2.75) is 61.3 Å². The summed E-state index contributed by atoms with van der Waals surface area (Å²) in [5, 5.41) is 3.84. The third kappa shape index (κ3) is 4.24. The van der Waals surface area contributed by atoms with Crippen LogP contribution in [0, 0.1) is 0 Å². The lowest BCUT2D eigenvalue weighted by molar-refractivity contribution is -0.126. The largest absolute Gasteiger partial charge is 0.368 e. The van der Waals surface area contributed by atoms with Crippen LogP contribution in [0.15, 0.2) is 33.6 Å². The summed E-state index contributed by atoms with van der Waals surface area (Å²) in [6.07, 6.45) is 3.80. The Kier molecular flexibility index (Phi) is 5.74. The zero-order valence-electron chi connectivity index (χ0n) is 12.6. The van der Waals surface area contributed by atoms with Crippen molar-refractivity contribution in [3.05, 3.63) is 28.7 Å². The molecule has 0 heterocycles. The Labute approximate surface area is 139 Å². The quantitative estimate of drug-likeness (QED) is 0.830. The van der Waals surface area contributed by atoms with E-state index in [1.54, 1.807) is 0 Å². The minimum Gasteiger partial charge on any atom is -0.368 e. The van der Waals surface area contributed by atoms with Crippen molar-refractivity contribution in [2.24, 2.45) is 5.73 Å². The van der Waals surface area contributed by atoms with E-state index in [-0.39, 0.29) is 11.9 Å². The predicted molar refractivity (Wildman–Crippen MR) is 92.5 cm³/mol. The fraction of sp³-hybridized carbons (Fsp3) is 0.562. The van der Waals surface area contributed by atoms with Crippen LogP contribution in [0.3, 0.4) is 0 Å². The van der Waals surface area contributed by atoms with E-state index in [1.165, 1.54) is 4.90 Å². The Balaban J connectivity index is 2.12. The van der Waals surface area contributed by atoms with E-state index in [2.05, 4.69) is 47.2 Å². The fourth-order valence-electron chi connectivity index (χ4n) is 3.02. The molecule has 1 saturated carbocycles. The van der Waals surface area contributed by atoms with Gasteiger partial charge in [0.2, 0.25) is 5.91 Å². The summed E-state index contributed by atoms with van der Waals surface area (Å²) in [5.74, 6) is -0.214. The first kappa shape index (κ1) is 16.8. The molecule has 0 radical (unpaired) electrons. The van der Waals surface area contributed by atoms with Crippen LogP contribution in [-0.2, 0) is 4.79 Å². The first-order valence-electron chi connectivity index (χ1n) is 7.42. The second kappa shape index (κ2) is 7.16. The van der Waals surface area contributed by atoms with Crippen LogP contribution in [-0.4, -0.2) is 22.7 Å². The molecule has 3 N–H and O–H groups in total. The van der Waals surface area contributed by atoms with Gasteiger partial charge >= 0.3 is 0 Å². The number of halogens is 1. The van der Waals surface area contributed by atoms with Crippen LogP contribution >= 0.6 is 27.7 Å². The van der Waals surface area contributed by atoms with E-state index in [1.807, 2.05) is 23.9 Å². The van der Waals surface area contributed by atoms with Crippen molar-refractivity contribution >= 4 is 33.6 Å². The molecule has 3 nitrogen and oxygen atoms in total. The smallest absolute Gasteiger partial charge is 0.237 e. The zero-order chi connectivity index (χ0) is 15.5. The summed E-state index contributed by atoms with van der Waals surface area (Å²) in [6.45, 7) is 4.13. The number of primary amides is 1. The van der Waals surface area contributed by atoms with E-state index < -0.39 is 5.54 Å². The van der Waals surface area contributed by atoms with Gasteiger partial charge in [-0.25, -0.2) is 0 Å². The number of benzene rings is 1. The molecule has 0 aromatic heterocycles. The highest BCUT2D eigenvalue weighted by atomic mass is 79.9. The average Bonchev–Trinajstić information content (AvgIpc) is 2.41. The Morgan fingerprint density at radius 2 is 2.19 bits per heavy atom. The molecule has 1 aromatic rings. The topological polar surface area (TPSA) is 55.1 Å². The third-order valence-corrected chi connectivity index (χ3v) is 6.17. The van der Waals surface area contributed by atoms with Crippen molar-refractivity contribution in [3.8, 4) is 0 Å². The number of hydrogen-bond acceptors (Lipinski definition) is 3. The number of nitrogens with one attached hydrogen (secondary N) is 1. The van der Waals surface area contributed by atoms with Gasteiger partial charge < -0.3 is 11.1 Å². The van der Waals surface area contributed by atoms with Crippen LogP contribution in [0.2, 0.25) is 0 Å². The van der Waals surface area contributed by atoms with Gasteiger partial charge in [-0.1, -0.05) is 12.1 Å². The van der Waals surface area contributed by atoms with Gasteiger partial charge in [0.05, 0.1) is 5.54 Å². The molecule has 1 aliphatic carbocycles. The van der Waals surface area contributed by atoms with Crippen LogP contribution < -0.4 is 11.1 Å². The van der Waals surface area contributed by atoms with E-state index in [0.717, 1.165) is 30.2 Å². The summed E-state index contributed by atoms with van der Waals surface area (Å²) in [5.41, 5.74) is 5.17. The second-order valence-electron chi connectivity index (χ2n) is 6.01. The highest BCUT2D eigenvalue weighted by Gasteiger charge is 2.41. The van der Waals surface area contributed by atoms with Gasteiger partial charge in [0, 0.05) is 20.7 Å². The molecule has 1 aliphatic rings. The Hall–Kier alpha value is -0.520. The van der Waals surface area contributed by atoms with Gasteiger partial charge in [-0.2, -0.15) is 0 Å². The fourth-order valence-corrected chi connectivity index (χ4v) is 4.94. The molecule has 0 saturated heterocycles. The maximum atomic E-state index is 12.0. The number of hydrogen-bond donors (Lipinski definition) is 2. The van der Waals surface area contributed by atoms with Crippen LogP contribution in [0.1, 0.15) is 39.5 Å². The van der Waals surface area contributed by atoms with Crippen molar-refractivity contribution in [1.29, 1.82) is 0 Å².